The molecule has 0 bridgehead atoms. The van der Waals surface area contributed by atoms with Gasteiger partial charge in [-0.2, -0.15) is 5.10 Å². The quantitative estimate of drug-likeness (QED) is 0.723. The van der Waals surface area contributed by atoms with Crippen molar-refractivity contribution < 1.29 is 14.0 Å². The SMILES string of the molecule is COc1cccc2c1OCC(NCc1c(-c3cc(C)on3)nn(C)c1Cl)C2. The normalized spacial score (nSPS) is 16.1. The van der Waals surface area contributed by atoms with Crippen molar-refractivity contribution in [3.05, 3.63) is 46.3 Å². The van der Waals surface area contributed by atoms with Gasteiger partial charge in [-0.3, -0.25) is 4.68 Å². The summed E-state index contributed by atoms with van der Waals surface area (Å²) in [5.41, 5.74) is 3.43. The molecule has 1 aliphatic rings. The van der Waals surface area contributed by atoms with E-state index in [9.17, 15) is 0 Å². The Balaban J connectivity index is 1.51. The number of fused-ring (bicyclic) bond motifs is 1. The molecule has 0 radical (unpaired) electrons. The van der Waals surface area contributed by atoms with Crippen LogP contribution in [0.5, 0.6) is 11.5 Å². The fourth-order valence-corrected chi connectivity index (χ4v) is 3.51. The molecule has 7 nitrogen and oxygen atoms in total. The molecule has 2 aromatic heterocycles. The van der Waals surface area contributed by atoms with Crippen LogP contribution >= 0.6 is 11.6 Å². The first kappa shape index (κ1) is 17.9. The van der Waals surface area contributed by atoms with Crippen LogP contribution in [0, 0.1) is 6.92 Å². The van der Waals surface area contributed by atoms with Crippen LogP contribution in [0.2, 0.25) is 5.15 Å². The molecule has 0 amide bonds. The van der Waals surface area contributed by atoms with Crippen molar-refractivity contribution in [2.24, 2.45) is 7.05 Å². The molecule has 142 valence electrons. The van der Waals surface area contributed by atoms with Crippen molar-refractivity contribution in [2.45, 2.75) is 25.9 Å². The van der Waals surface area contributed by atoms with E-state index in [0.717, 1.165) is 40.5 Å². The molecule has 3 heterocycles. The molecule has 4 rings (SSSR count). The Kier molecular flexibility index (Phi) is 4.80. The van der Waals surface area contributed by atoms with Crippen LogP contribution in [0.25, 0.3) is 11.4 Å². The van der Waals surface area contributed by atoms with Gasteiger partial charge in [-0.1, -0.05) is 28.9 Å². The van der Waals surface area contributed by atoms with Gasteiger partial charge in [0.05, 0.1) is 7.11 Å². The number of hydrogen-bond donors (Lipinski definition) is 1. The van der Waals surface area contributed by atoms with Crippen LogP contribution in [0.3, 0.4) is 0 Å². The number of nitrogens with one attached hydrogen (secondary N) is 1. The van der Waals surface area contributed by atoms with Crippen LogP contribution < -0.4 is 14.8 Å². The molecule has 0 saturated heterocycles. The fourth-order valence-electron chi connectivity index (χ4n) is 3.32. The molecule has 3 aromatic rings. The maximum atomic E-state index is 6.46. The van der Waals surface area contributed by atoms with Gasteiger partial charge >= 0.3 is 0 Å². The van der Waals surface area contributed by atoms with E-state index in [1.165, 1.54) is 0 Å². The van der Waals surface area contributed by atoms with E-state index >= 15 is 0 Å². The van der Waals surface area contributed by atoms with Gasteiger partial charge < -0.3 is 19.3 Å². The minimum absolute atomic E-state index is 0.160. The smallest absolute Gasteiger partial charge is 0.164 e. The largest absolute Gasteiger partial charge is 0.493 e. The first-order valence-corrected chi connectivity index (χ1v) is 9.11. The van der Waals surface area contributed by atoms with Crippen LogP contribution in [-0.2, 0) is 20.0 Å². The second-order valence-corrected chi connectivity index (χ2v) is 6.96. The van der Waals surface area contributed by atoms with Gasteiger partial charge in [0.15, 0.2) is 11.5 Å². The van der Waals surface area contributed by atoms with E-state index in [4.69, 9.17) is 25.6 Å². The summed E-state index contributed by atoms with van der Waals surface area (Å²) in [5, 5.41) is 12.7. The minimum atomic E-state index is 0.160. The maximum absolute atomic E-state index is 6.46. The number of rotatable bonds is 5. The highest BCUT2D eigenvalue weighted by Crippen LogP contribution is 2.35. The number of nitrogens with zero attached hydrogens (tertiary/aromatic N) is 3. The number of aromatic nitrogens is 3. The zero-order valence-corrected chi connectivity index (χ0v) is 16.2. The predicted octanol–water partition coefficient (Wildman–Crippen LogP) is 3.14. The molecule has 0 fully saturated rings. The second-order valence-electron chi connectivity index (χ2n) is 6.61. The molecule has 27 heavy (non-hydrogen) atoms. The topological polar surface area (TPSA) is 74.3 Å². The Bertz CT molecular complexity index is 966. The molecule has 1 aliphatic heterocycles. The highest BCUT2D eigenvalue weighted by molar-refractivity contribution is 6.30. The van der Waals surface area contributed by atoms with Crippen molar-refractivity contribution in [1.82, 2.24) is 20.3 Å². The second kappa shape index (κ2) is 7.25. The number of methoxy groups -OCH3 is 1. The zero-order chi connectivity index (χ0) is 19.0. The predicted molar refractivity (Wildman–Crippen MR) is 101 cm³/mol. The van der Waals surface area contributed by atoms with Gasteiger partial charge in [0.2, 0.25) is 0 Å². The van der Waals surface area contributed by atoms with Crippen LogP contribution in [0.1, 0.15) is 16.9 Å². The number of para-hydroxylation sites is 1. The fraction of sp³-hybridized carbons (Fsp3) is 0.368. The van der Waals surface area contributed by atoms with Crippen molar-refractivity contribution in [3.63, 3.8) is 0 Å². The summed E-state index contributed by atoms with van der Waals surface area (Å²) in [7, 11) is 3.47. The summed E-state index contributed by atoms with van der Waals surface area (Å²) < 4.78 is 18.1. The molecular formula is C19H21ClN4O3. The third-order valence-electron chi connectivity index (χ3n) is 4.68. The molecular weight excluding hydrogens is 368 g/mol. The lowest BCUT2D eigenvalue weighted by Gasteiger charge is -2.27. The zero-order valence-electron chi connectivity index (χ0n) is 15.5. The number of benzene rings is 1. The third-order valence-corrected chi connectivity index (χ3v) is 5.16. The number of hydrogen-bond acceptors (Lipinski definition) is 6. The molecule has 1 N–H and O–H groups in total. The summed E-state index contributed by atoms with van der Waals surface area (Å²) in [6.45, 7) is 2.97. The first-order chi connectivity index (χ1) is 13.1. The summed E-state index contributed by atoms with van der Waals surface area (Å²) in [4.78, 5) is 0. The van der Waals surface area contributed by atoms with Gasteiger partial charge in [0.1, 0.15) is 28.9 Å². The molecule has 0 aliphatic carbocycles. The summed E-state index contributed by atoms with van der Waals surface area (Å²) >= 11 is 6.46. The highest BCUT2D eigenvalue weighted by Gasteiger charge is 2.24. The molecule has 1 aromatic carbocycles. The Morgan fingerprint density at radius 1 is 1.41 bits per heavy atom. The molecule has 1 unspecified atom stereocenters. The summed E-state index contributed by atoms with van der Waals surface area (Å²) in [6, 6.07) is 7.97. The van der Waals surface area contributed by atoms with Gasteiger partial charge in [0.25, 0.3) is 0 Å². The average Bonchev–Trinajstić information content (AvgIpc) is 3.23. The van der Waals surface area contributed by atoms with E-state index in [-0.39, 0.29) is 6.04 Å². The van der Waals surface area contributed by atoms with Crippen LogP contribution in [-0.4, -0.2) is 34.7 Å². The minimum Gasteiger partial charge on any atom is -0.493 e. The Labute approximate surface area is 162 Å². The highest BCUT2D eigenvalue weighted by atomic mass is 35.5. The van der Waals surface area contributed by atoms with Crippen molar-refractivity contribution in [2.75, 3.05) is 13.7 Å². The van der Waals surface area contributed by atoms with E-state index in [2.05, 4.69) is 21.6 Å². The van der Waals surface area contributed by atoms with Gasteiger partial charge in [-0.15, -0.1) is 0 Å². The van der Waals surface area contributed by atoms with Crippen LogP contribution in [0.4, 0.5) is 0 Å². The standard InChI is InChI=1S/C19H21ClN4O3/c1-11-7-15(23-27-11)17-14(19(20)24(2)22-17)9-21-13-8-12-5-4-6-16(25-3)18(12)26-10-13/h4-7,13,21H,8-10H2,1-3H3. The van der Waals surface area contributed by atoms with Crippen molar-refractivity contribution in [3.8, 4) is 22.9 Å². The Morgan fingerprint density at radius 2 is 2.26 bits per heavy atom. The van der Waals surface area contributed by atoms with E-state index in [1.807, 2.05) is 32.2 Å². The molecule has 0 spiro atoms. The van der Waals surface area contributed by atoms with Crippen molar-refractivity contribution >= 4 is 11.6 Å². The van der Waals surface area contributed by atoms with Gasteiger partial charge in [-0.05, 0) is 25.0 Å². The Morgan fingerprint density at radius 3 is 3.00 bits per heavy atom. The lowest BCUT2D eigenvalue weighted by Crippen LogP contribution is -2.39. The monoisotopic (exact) mass is 388 g/mol. The van der Waals surface area contributed by atoms with E-state index < -0.39 is 0 Å². The van der Waals surface area contributed by atoms with Crippen molar-refractivity contribution in [1.29, 1.82) is 0 Å². The maximum Gasteiger partial charge on any atom is 0.164 e. The Hall–Kier alpha value is -2.51. The summed E-state index contributed by atoms with van der Waals surface area (Å²) in [6.07, 6.45) is 0.850. The molecule has 8 heteroatoms. The van der Waals surface area contributed by atoms with Gasteiger partial charge in [-0.25, -0.2) is 0 Å². The molecule has 0 saturated carbocycles. The molecule has 1 atom stereocenters. The lowest BCUT2D eigenvalue weighted by molar-refractivity contribution is 0.227. The number of halogens is 1. The van der Waals surface area contributed by atoms with E-state index in [1.54, 1.807) is 11.8 Å². The van der Waals surface area contributed by atoms with E-state index in [0.29, 0.717) is 24.0 Å². The number of ether oxygens (including phenoxy) is 2. The average molecular weight is 389 g/mol. The lowest BCUT2D eigenvalue weighted by atomic mass is 10.0. The third kappa shape index (κ3) is 3.40. The van der Waals surface area contributed by atoms with Crippen LogP contribution in [0.15, 0.2) is 28.8 Å². The van der Waals surface area contributed by atoms with Gasteiger partial charge in [0, 0.05) is 31.3 Å². The number of aryl methyl sites for hydroxylation is 2. The first-order valence-electron chi connectivity index (χ1n) is 8.74. The summed E-state index contributed by atoms with van der Waals surface area (Å²) in [5.74, 6) is 2.33.